The number of hydrogen-bond acceptors (Lipinski definition) is 3. The zero-order valence-corrected chi connectivity index (χ0v) is 5.86. The van der Waals surface area contributed by atoms with E-state index in [2.05, 4.69) is 4.74 Å². The molecule has 5 nitrogen and oxygen atoms in total. The highest BCUT2D eigenvalue weighted by Crippen LogP contribution is 1.69. The number of ether oxygens (including phenoxy) is 1. The maximum absolute atomic E-state index is 10.0. The Balaban J connectivity index is 3.30. The molecule has 0 saturated heterocycles. The predicted octanol–water partition coefficient (Wildman–Crippen LogP) is -1.25. The van der Waals surface area contributed by atoms with Crippen LogP contribution in [0.1, 0.15) is 0 Å². The van der Waals surface area contributed by atoms with E-state index in [1.54, 1.807) is 0 Å². The highest BCUT2D eigenvalue weighted by Gasteiger charge is 1.98. The molecule has 0 aromatic carbocycles. The molecule has 0 aliphatic carbocycles. The van der Waals surface area contributed by atoms with Gasteiger partial charge in [-0.25, -0.2) is 0 Å². The van der Waals surface area contributed by atoms with Gasteiger partial charge in [0.05, 0.1) is 6.61 Å². The van der Waals surface area contributed by atoms with Crippen LogP contribution in [0.5, 0.6) is 0 Å². The van der Waals surface area contributed by atoms with Gasteiger partial charge < -0.3 is 4.74 Å². The minimum atomic E-state index is -3.78. The van der Waals surface area contributed by atoms with Crippen LogP contribution in [0, 0.1) is 0 Å². The van der Waals surface area contributed by atoms with Crippen LogP contribution in [-0.4, -0.2) is 28.7 Å². The van der Waals surface area contributed by atoms with Crippen molar-refractivity contribution in [2.24, 2.45) is 0 Å². The number of nitrogens with one attached hydrogen (secondary N) is 2. The summed E-state index contributed by atoms with van der Waals surface area (Å²) >= 11 is 0. The minimum Gasteiger partial charge on any atom is -0.383 e. The molecule has 0 fully saturated rings. The fourth-order valence-electron chi connectivity index (χ4n) is 0.278. The first kappa shape index (κ1) is 8.83. The molecule has 1 radical (unpaired) electrons. The van der Waals surface area contributed by atoms with E-state index in [0.717, 1.165) is 0 Å². The van der Waals surface area contributed by atoms with Crippen LogP contribution >= 0.6 is 0 Å². The van der Waals surface area contributed by atoms with Gasteiger partial charge in [0.1, 0.15) is 0 Å². The highest BCUT2D eigenvalue weighted by atomic mass is 32.2. The summed E-state index contributed by atoms with van der Waals surface area (Å²) < 4.78 is 26.5. The number of rotatable bonds is 4. The molecule has 0 rings (SSSR count). The van der Waals surface area contributed by atoms with Crippen LogP contribution in [0.25, 0.3) is 0 Å². The maximum atomic E-state index is 10.0. The Hall–Kier alpha value is -0.170. The summed E-state index contributed by atoms with van der Waals surface area (Å²) in [5, 5.41) is 6.32. The summed E-state index contributed by atoms with van der Waals surface area (Å²) in [5.41, 5.74) is 0. The molecule has 0 heterocycles. The minimum absolute atomic E-state index is 0.155. The van der Waals surface area contributed by atoms with Crippen molar-refractivity contribution in [1.82, 2.24) is 9.86 Å². The molecule has 0 spiro atoms. The van der Waals surface area contributed by atoms with Gasteiger partial charge in [-0.05, 0) is 0 Å². The molecule has 0 aliphatic rings. The SMILES string of the molecule is COCCNS([NH])(=O)=O. The summed E-state index contributed by atoms with van der Waals surface area (Å²) in [6, 6.07) is 0. The van der Waals surface area contributed by atoms with Crippen LogP contribution in [-0.2, 0) is 14.9 Å². The van der Waals surface area contributed by atoms with Crippen molar-refractivity contribution in [1.29, 1.82) is 0 Å². The van der Waals surface area contributed by atoms with E-state index < -0.39 is 10.2 Å². The Morgan fingerprint density at radius 1 is 1.67 bits per heavy atom. The maximum Gasteiger partial charge on any atom is 0.290 e. The summed E-state index contributed by atoms with van der Waals surface area (Å²) in [4.78, 5) is 0. The molecule has 0 unspecified atom stereocenters. The van der Waals surface area contributed by atoms with E-state index in [0.29, 0.717) is 0 Å². The second-order valence-corrected chi connectivity index (χ2v) is 2.69. The Morgan fingerprint density at radius 2 is 2.22 bits per heavy atom. The van der Waals surface area contributed by atoms with E-state index in [1.165, 1.54) is 7.11 Å². The summed E-state index contributed by atoms with van der Waals surface area (Å²) in [6.45, 7) is 0.445. The first-order valence-electron chi connectivity index (χ1n) is 2.29. The molecule has 0 aromatic heterocycles. The first-order chi connectivity index (χ1) is 4.06. The largest absolute Gasteiger partial charge is 0.383 e. The standard InChI is InChI=1S/C3H9N2O3S/c1-8-3-2-5-9(4,6)7/h4-5H,2-3H2,1H3. The second-order valence-electron chi connectivity index (χ2n) is 1.39. The van der Waals surface area contributed by atoms with Gasteiger partial charge in [0.25, 0.3) is 10.2 Å². The molecule has 0 aromatic rings. The third-order valence-electron chi connectivity index (χ3n) is 0.598. The van der Waals surface area contributed by atoms with E-state index in [4.69, 9.17) is 5.14 Å². The van der Waals surface area contributed by atoms with Crippen molar-refractivity contribution in [2.45, 2.75) is 0 Å². The fourth-order valence-corrected chi connectivity index (χ4v) is 0.630. The molecular formula is C3H9N2O3S. The predicted molar refractivity (Wildman–Crippen MR) is 31.9 cm³/mol. The molecule has 0 bridgehead atoms. The lowest BCUT2D eigenvalue weighted by Crippen LogP contribution is -2.27. The molecule has 0 saturated carbocycles. The Bertz CT molecular complexity index is 152. The van der Waals surface area contributed by atoms with Gasteiger partial charge in [-0.15, -0.1) is 5.14 Å². The summed E-state index contributed by atoms with van der Waals surface area (Å²) in [5.74, 6) is 0. The number of methoxy groups -OCH3 is 1. The van der Waals surface area contributed by atoms with E-state index >= 15 is 0 Å². The number of hydrogen-bond donors (Lipinski definition) is 1. The van der Waals surface area contributed by atoms with Gasteiger partial charge in [0.2, 0.25) is 0 Å². The first-order valence-corrected chi connectivity index (χ1v) is 3.78. The van der Waals surface area contributed by atoms with Crippen LogP contribution < -0.4 is 9.86 Å². The summed E-state index contributed by atoms with van der Waals surface area (Å²) in [6.07, 6.45) is 0. The third kappa shape index (κ3) is 7.83. The third-order valence-corrected chi connectivity index (χ3v) is 1.18. The van der Waals surface area contributed by atoms with Crippen LogP contribution in [0.2, 0.25) is 0 Å². The van der Waals surface area contributed by atoms with Gasteiger partial charge in [-0.2, -0.15) is 13.1 Å². The van der Waals surface area contributed by atoms with Gasteiger partial charge >= 0.3 is 0 Å². The monoisotopic (exact) mass is 153 g/mol. The van der Waals surface area contributed by atoms with Crippen molar-refractivity contribution in [3.05, 3.63) is 0 Å². The van der Waals surface area contributed by atoms with Crippen molar-refractivity contribution in [2.75, 3.05) is 20.3 Å². The second kappa shape index (κ2) is 3.78. The van der Waals surface area contributed by atoms with Crippen LogP contribution in [0.3, 0.4) is 0 Å². The lowest BCUT2D eigenvalue weighted by atomic mass is 10.7. The Kier molecular flexibility index (Phi) is 3.71. The average molecular weight is 153 g/mol. The van der Waals surface area contributed by atoms with Gasteiger partial charge in [-0.1, -0.05) is 0 Å². The normalized spacial score (nSPS) is 11.8. The molecule has 6 heteroatoms. The quantitative estimate of drug-likeness (QED) is 0.512. The van der Waals surface area contributed by atoms with Gasteiger partial charge in [0.15, 0.2) is 0 Å². The fraction of sp³-hybridized carbons (Fsp3) is 1.00. The Morgan fingerprint density at radius 3 is 2.56 bits per heavy atom. The molecule has 0 aliphatic heterocycles. The van der Waals surface area contributed by atoms with Crippen LogP contribution in [0.4, 0.5) is 0 Å². The van der Waals surface area contributed by atoms with Gasteiger partial charge in [-0.3, -0.25) is 0 Å². The zero-order valence-electron chi connectivity index (χ0n) is 5.05. The molecule has 55 valence electrons. The van der Waals surface area contributed by atoms with Crippen molar-refractivity contribution in [3.63, 3.8) is 0 Å². The van der Waals surface area contributed by atoms with Gasteiger partial charge in [0, 0.05) is 13.7 Å². The molecule has 0 amide bonds. The molecule has 9 heavy (non-hydrogen) atoms. The molecular weight excluding hydrogens is 144 g/mol. The van der Waals surface area contributed by atoms with Crippen molar-refractivity contribution >= 4 is 10.2 Å². The lowest BCUT2D eigenvalue weighted by molar-refractivity contribution is 0.204. The molecule has 2 N–H and O–H groups in total. The Labute approximate surface area is 54.4 Å². The zero-order chi connectivity index (χ0) is 7.33. The molecule has 0 atom stereocenters. The lowest BCUT2D eigenvalue weighted by Gasteiger charge is -1.97. The summed E-state index contributed by atoms with van der Waals surface area (Å²) in [7, 11) is -2.32. The van der Waals surface area contributed by atoms with Crippen molar-refractivity contribution in [3.8, 4) is 0 Å². The smallest absolute Gasteiger partial charge is 0.290 e. The topological polar surface area (TPSA) is 79.2 Å². The van der Waals surface area contributed by atoms with E-state index in [-0.39, 0.29) is 13.2 Å². The van der Waals surface area contributed by atoms with E-state index in [9.17, 15) is 8.42 Å². The van der Waals surface area contributed by atoms with E-state index in [1.807, 2.05) is 4.72 Å². The van der Waals surface area contributed by atoms with Crippen molar-refractivity contribution < 1.29 is 13.2 Å². The highest BCUT2D eigenvalue weighted by molar-refractivity contribution is 7.86. The van der Waals surface area contributed by atoms with Crippen LogP contribution in [0.15, 0.2) is 0 Å². The average Bonchev–Trinajstić information content (AvgIpc) is 1.63.